The molecule has 0 fully saturated rings. The number of carbonyl (C=O) groups excluding carboxylic acids is 3. The summed E-state index contributed by atoms with van der Waals surface area (Å²) >= 11 is 1.03. The van der Waals surface area contributed by atoms with Gasteiger partial charge in [-0.1, -0.05) is 30.3 Å². The molecule has 3 aromatic rings. The highest BCUT2D eigenvalue weighted by Crippen LogP contribution is 2.35. The number of benzene rings is 2. The number of hydrogen-bond donors (Lipinski definition) is 2. The molecule has 184 valence electrons. The van der Waals surface area contributed by atoms with Crippen molar-refractivity contribution in [2.45, 2.75) is 26.8 Å². The summed E-state index contributed by atoms with van der Waals surface area (Å²) in [6, 6.07) is 14.0. The maximum absolute atomic E-state index is 13.1. The van der Waals surface area contributed by atoms with Gasteiger partial charge in [-0.05, 0) is 50.1 Å². The van der Waals surface area contributed by atoms with Crippen LogP contribution in [0, 0.1) is 6.92 Å². The Kier molecular flexibility index (Phi) is 8.48. The lowest BCUT2D eigenvalue weighted by molar-refractivity contribution is 0.0527. The second-order valence-corrected chi connectivity index (χ2v) is 8.63. The second kappa shape index (κ2) is 11.5. The number of esters is 1. The van der Waals surface area contributed by atoms with Crippen LogP contribution in [0.5, 0.6) is 11.5 Å². The molecule has 0 bridgehead atoms. The number of ether oxygens (including phenoxy) is 3. The SMILES string of the molecule is CCOC(=O)c1c(NC(=O)c2ccc(OC)c(OC)c2)sc(C(=O)NC(C)c2ccccc2)c1C. The minimum absolute atomic E-state index is 0.156. The summed E-state index contributed by atoms with van der Waals surface area (Å²) < 4.78 is 15.7. The van der Waals surface area contributed by atoms with Gasteiger partial charge in [0.2, 0.25) is 0 Å². The van der Waals surface area contributed by atoms with Crippen LogP contribution in [0.4, 0.5) is 5.00 Å². The number of anilines is 1. The maximum Gasteiger partial charge on any atom is 0.341 e. The monoisotopic (exact) mass is 496 g/mol. The topological polar surface area (TPSA) is 103 Å². The molecule has 35 heavy (non-hydrogen) atoms. The first-order chi connectivity index (χ1) is 16.8. The van der Waals surface area contributed by atoms with E-state index in [1.54, 1.807) is 26.0 Å². The lowest BCUT2D eigenvalue weighted by atomic mass is 10.1. The van der Waals surface area contributed by atoms with Crippen molar-refractivity contribution in [3.05, 3.63) is 75.7 Å². The Hall–Kier alpha value is -3.85. The highest BCUT2D eigenvalue weighted by molar-refractivity contribution is 7.18. The number of nitrogens with one attached hydrogen (secondary N) is 2. The zero-order chi connectivity index (χ0) is 25.5. The number of hydrogen-bond acceptors (Lipinski definition) is 7. The van der Waals surface area contributed by atoms with Gasteiger partial charge >= 0.3 is 5.97 Å². The van der Waals surface area contributed by atoms with Crippen molar-refractivity contribution in [2.24, 2.45) is 0 Å². The van der Waals surface area contributed by atoms with E-state index in [0.29, 0.717) is 27.5 Å². The average molecular weight is 497 g/mol. The van der Waals surface area contributed by atoms with Crippen molar-refractivity contribution in [2.75, 3.05) is 26.1 Å². The first-order valence-electron chi connectivity index (χ1n) is 11.0. The number of rotatable bonds is 9. The standard InChI is InChI=1S/C26H28N2O6S/c1-6-34-26(31)21-15(2)22(24(30)27-16(3)17-10-8-7-9-11-17)35-25(21)28-23(29)18-12-13-19(32-4)20(14-18)33-5/h7-14,16H,6H2,1-5H3,(H,27,30)(H,28,29). The van der Waals surface area contributed by atoms with Crippen LogP contribution < -0.4 is 20.1 Å². The number of thiophene rings is 1. The highest BCUT2D eigenvalue weighted by Gasteiger charge is 2.27. The summed E-state index contributed by atoms with van der Waals surface area (Å²) in [5.74, 6) is -0.555. The Morgan fingerprint density at radius 1 is 0.971 bits per heavy atom. The van der Waals surface area contributed by atoms with Crippen LogP contribution in [-0.2, 0) is 4.74 Å². The van der Waals surface area contributed by atoms with E-state index in [1.165, 1.54) is 20.3 Å². The van der Waals surface area contributed by atoms with E-state index in [0.717, 1.165) is 16.9 Å². The molecule has 2 amide bonds. The fourth-order valence-corrected chi connectivity index (χ4v) is 4.60. The molecule has 1 atom stereocenters. The van der Waals surface area contributed by atoms with Crippen LogP contribution in [-0.4, -0.2) is 38.6 Å². The van der Waals surface area contributed by atoms with E-state index in [1.807, 2.05) is 37.3 Å². The Bertz CT molecular complexity index is 1220. The van der Waals surface area contributed by atoms with E-state index in [-0.39, 0.29) is 29.1 Å². The fourth-order valence-electron chi connectivity index (χ4n) is 3.51. The molecule has 0 aliphatic carbocycles. The van der Waals surface area contributed by atoms with Gasteiger partial charge in [-0.25, -0.2) is 4.79 Å². The lowest BCUT2D eigenvalue weighted by Gasteiger charge is -2.14. The van der Waals surface area contributed by atoms with Crippen LogP contribution in [0.15, 0.2) is 48.5 Å². The summed E-state index contributed by atoms with van der Waals surface area (Å²) in [6.45, 7) is 5.39. The smallest absolute Gasteiger partial charge is 0.341 e. The third-order valence-corrected chi connectivity index (χ3v) is 6.56. The Balaban J connectivity index is 1.92. The minimum Gasteiger partial charge on any atom is -0.493 e. The van der Waals surface area contributed by atoms with E-state index >= 15 is 0 Å². The molecule has 2 aromatic carbocycles. The van der Waals surface area contributed by atoms with Crippen LogP contribution in [0.3, 0.4) is 0 Å². The quantitative estimate of drug-likeness (QED) is 0.405. The predicted octanol–water partition coefficient (Wildman–Crippen LogP) is 4.99. The second-order valence-electron chi connectivity index (χ2n) is 7.61. The molecular weight excluding hydrogens is 468 g/mol. The molecule has 0 saturated carbocycles. The number of amides is 2. The van der Waals surface area contributed by atoms with Crippen LogP contribution >= 0.6 is 11.3 Å². The van der Waals surface area contributed by atoms with Crippen LogP contribution in [0.25, 0.3) is 0 Å². The normalized spacial score (nSPS) is 11.3. The van der Waals surface area contributed by atoms with Gasteiger partial charge in [0.1, 0.15) is 5.00 Å². The third-order valence-electron chi connectivity index (χ3n) is 5.35. The first kappa shape index (κ1) is 25.8. The molecule has 1 heterocycles. The van der Waals surface area contributed by atoms with Crippen molar-refractivity contribution in [1.29, 1.82) is 0 Å². The summed E-state index contributed by atoms with van der Waals surface area (Å²) in [5, 5.41) is 5.95. The Labute approximate surface area is 208 Å². The molecular formula is C26H28N2O6S. The van der Waals surface area contributed by atoms with Crippen molar-refractivity contribution in [3.63, 3.8) is 0 Å². The predicted molar refractivity (Wildman–Crippen MR) is 135 cm³/mol. The van der Waals surface area contributed by atoms with Crippen LogP contribution in [0.1, 0.15) is 61.4 Å². The van der Waals surface area contributed by atoms with Gasteiger partial charge in [0.05, 0.1) is 37.3 Å². The van der Waals surface area contributed by atoms with Gasteiger partial charge in [0, 0.05) is 5.56 Å². The molecule has 3 rings (SSSR count). The molecule has 8 nitrogen and oxygen atoms in total. The maximum atomic E-state index is 13.1. The summed E-state index contributed by atoms with van der Waals surface area (Å²) in [5.41, 5.74) is 1.84. The summed E-state index contributed by atoms with van der Waals surface area (Å²) in [7, 11) is 2.98. The minimum atomic E-state index is -0.612. The van der Waals surface area contributed by atoms with Gasteiger partial charge < -0.3 is 24.8 Å². The lowest BCUT2D eigenvalue weighted by Crippen LogP contribution is -2.26. The Morgan fingerprint density at radius 2 is 1.66 bits per heavy atom. The summed E-state index contributed by atoms with van der Waals surface area (Å²) in [4.78, 5) is 39.2. The van der Waals surface area contributed by atoms with Gasteiger partial charge in [-0.15, -0.1) is 11.3 Å². The zero-order valence-electron chi connectivity index (χ0n) is 20.3. The molecule has 1 aromatic heterocycles. The van der Waals surface area contributed by atoms with Crippen LogP contribution in [0.2, 0.25) is 0 Å². The molecule has 0 saturated heterocycles. The molecule has 2 N–H and O–H groups in total. The fraction of sp³-hybridized carbons (Fsp3) is 0.269. The van der Waals surface area contributed by atoms with E-state index < -0.39 is 11.9 Å². The van der Waals surface area contributed by atoms with Crippen molar-refractivity contribution >= 4 is 34.1 Å². The molecule has 0 radical (unpaired) electrons. The zero-order valence-corrected chi connectivity index (χ0v) is 21.1. The molecule has 0 spiro atoms. The molecule has 0 aliphatic heterocycles. The molecule has 0 aliphatic rings. The van der Waals surface area contributed by atoms with Gasteiger partial charge in [-0.2, -0.15) is 0 Å². The van der Waals surface area contributed by atoms with Crippen molar-refractivity contribution in [3.8, 4) is 11.5 Å². The van der Waals surface area contributed by atoms with E-state index in [2.05, 4.69) is 10.6 Å². The van der Waals surface area contributed by atoms with Gasteiger partial charge in [0.25, 0.3) is 11.8 Å². The van der Waals surface area contributed by atoms with Gasteiger partial charge in [-0.3, -0.25) is 9.59 Å². The highest BCUT2D eigenvalue weighted by atomic mass is 32.1. The van der Waals surface area contributed by atoms with E-state index in [4.69, 9.17) is 14.2 Å². The largest absolute Gasteiger partial charge is 0.493 e. The first-order valence-corrected chi connectivity index (χ1v) is 11.8. The Morgan fingerprint density at radius 3 is 2.29 bits per heavy atom. The van der Waals surface area contributed by atoms with Gasteiger partial charge in [0.15, 0.2) is 11.5 Å². The summed E-state index contributed by atoms with van der Waals surface area (Å²) in [6.07, 6.45) is 0. The average Bonchev–Trinajstić information content (AvgIpc) is 3.19. The van der Waals surface area contributed by atoms with Crippen molar-refractivity contribution in [1.82, 2.24) is 5.32 Å². The van der Waals surface area contributed by atoms with E-state index in [9.17, 15) is 14.4 Å². The molecule has 9 heteroatoms. The van der Waals surface area contributed by atoms with Crippen molar-refractivity contribution < 1.29 is 28.6 Å². The third kappa shape index (κ3) is 5.81. The number of carbonyl (C=O) groups is 3. The molecule has 1 unspecified atom stereocenters. The number of methoxy groups -OCH3 is 2.